The molecule has 1 rings (SSSR count). The van der Waals surface area contributed by atoms with Crippen LogP contribution in [-0.2, 0) is 42.9 Å². The lowest BCUT2D eigenvalue weighted by Gasteiger charge is -2.40. The summed E-state index contributed by atoms with van der Waals surface area (Å²) in [5.41, 5.74) is 0. The number of rotatable bonds is 8. The second kappa shape index (κ2) is 10.6. The SMILES string of the molecule is C#CCC(OC(C)=O)(OC(C)=O)OC1CC(NC(C)=O)COC1COC(C)=O. The monoisotopic (exact) mass is 399 g/mol. The Hall–Kier alpha value is -2.64. The molecule has 0 bridgehead atoms. The Labute approximate surface area is 163 Å². The van der Waals surface area contributed by atoms with E-state index in [4.69, 9.17) is 30.1 Å². The average Bonchev–Trinajstić information content (AvgIpc) is 2.52. The van der Waals surface area contributed by atoms with Gasteiger partial charge in [0, 0.05) is 27.7 Å². The zero-order chi connectivity index (χ0) is 21.3. The maximum absolute atomic E-state index is 11.5. The maximum Gasteiger partial charge on any atom is 0.387 e. The highest BCUT2D eigenvalue weighted by molar-refractivity contribution is 5.73. The van der Waals surface area contributed by atoms with Gasteiger partial charge in [-0.1, -0.05) is 5.92 Å². The molecule has 3 unspecified atom stereocenters. The summed E-state index contributed by atoms with van der Waals surface area (Å²) in [7, 11) is 0. The van der Waals surface area contributed by atoms with Crippen molar-refractivity contribution in [2.45, 2.75) is 64.8 Å². The molecule has 1 heterocycles. The van der Waals surface area contributed by atoms with E-state index >= 15 is 0 Å². The fourth-order valence-corrected chi connectivity index (χ4v) is 2.69. The van der Waals surface area contributed by atoms with Crippen LogP contribution < -0.4 is 5.32 Å². The van der Waals surface area contributed by atoms with Gasteiger partial charge in [-0.25, -0.2) is 0 Å². The standard InChI is InChI=1S/C18H25NO9/c1-6-7-18(26-13(4)22,27-14(5)23)28-16-8-15(19-11(2)20)9-25-17(16)10-24-12(3)21/h1,15-17H,7-10H2,2-5H3,(H,19,20). The van der Waals surface area contributed by atoms with Crippen molar-refractivity contribution >= 4 is 23.8 Å². The second-order valence-corrected chi connectivity index (χ2v) is 6.22. The van der Waals surface area contributed by atoms with E-state index in [0.29, 0.717) is 0 Å². The van der Waals surface area contributed by atoms with Gasteiger partial charge in [-0.3, -0.25) is 19.2 Å². The van der Waals surface area contributed by atoms with Crippen LogP contribution in [0, 0.1) is 12.3 Å². The van der Waals surface area contributed by atoms with Crippen LogP contribution in [0.1, 0.15) is 40.5 Å². The van der Waals surface area contributed by atoms with Gasteiger partial charge in [0.05, 0.1) is 18.8 Å². The lowest BCUT2D eigenvalue weighted by Crippen LogP contribution is -2.55. The molecule has 156 valence electrons. The number of amides is 1. The molecule has 0 aromatic carbocycles. The number of nitrogens with one attached hydrogen (secondary N) is 1. The Morgan fingerprint density at radius 1 is 1.11 bits per heavy atom. The Kier molecular flexibility index (Phi) is 8.88. The van der Waals surface area contributed by atoms with Crippen LogP contribution in [0.25, 0.3) is 0 Å². The minimum absolute atomic E-state index is 0.147. The molecule has 28 heavy (non-hydrogen) atoms. The third-order valence-electron chi connectivity index (χ3n) is 3.55. The predicted octanol–water partition coefficient (Wildman–Crippen LogP) is 0.0316. The molecule has 10 nitrogen and oxygen atoms in total. The van der Waals surface area contributed by atoms with Crippen LogP contribution in [-0.4, -0.2) is 61.3 Å². The van der Waals surface area contributed by atoms with E-state index in [0.717, 1.165) is 13.8 Å². The van der Waals surface area contributed by atoms with Crippen LogP contribution in [0.4, 0.5) is 0 Å². The summed E-state index contributed by atoms with van der Waals surface area (Å²) in [4.78, 5) is 45.6. The van der Waals surface area contributed by atoms with Gasteiger partial charge in [0.2, 0.25) is 5.91 Å². The lowest BCUT2D eigenvalue weighted by atomic mass is 10.0. The smallest absolute Gasteiger partial charge is 0.387 e. The summed E-state index contributed by atoms with van der Waals surface area (Å²) in [5.74, 6) is -2.31. The van der Waals surface area contributed by atoms with Crippen molar-refractivity contribution < 1.29 is 42.9 Å². The summed E-state index contributed by atoms with van der Waals surface area (Å²) in [6.07, 6.45) is 3.51. The lowest BCUT2D eigenvalue weighted by molar-refractivity contribution is -0.368. The molecule has 0 spiro atoms. The van der Waals surface area contributed by atoms with E-state index in [-0.39, 0.29) is 32.0 Å². The Balaban J connectivity index is 3.10. The first-order valence-electron chi connectivity index (χ1n) is 8.59. The van der Waals surface area contributed by atoms with Crippen molar-refractivity contribution in [3.05, 3.63) is 0 Å². The van der Waals surface area contributed by atoms with E-state index in [2.05, 4.69) is 11.2 Å². The summed E-state index contributed by atoms with van der Waals surface area (Å²) in [6, 6.07) is -0.422. The van der Waals surface area contributed by atoms with Gasteiger partial charge in [0.1, 0.15) is 19.1 Å². The molecule has 3 atom stereocenters. The van der Waals surface area contributed by atoms with E-state index in [1.165, 1.54) is 13.8 Å². The molecule has 1 amide bonds. The maximum atomic E-state index is 11.5. The Morgan fingerprint density at radius 2 is 1.71 bits per heavy atom. The van der Waals surface area contributed by atoms with E-state index in [9.17, 15) is 19.2 Å². The number of hydrogen-bond acceptors (Lipinski definition) is 9. The quantitative estimate of drug-likeness (QED) is 0.342. The molecule has 1 fully saturated rings. The molecule has 0 saturated carbocycles. The molecule has 0 aromatic heterocycles. The van der Waals surface area contributed by atoms with Crippen molar-refractivity contribution in [3.8, 4) is 12.3 Å². The van der Waals surface area contributed by atoms with Gasteiger partial charge >= 0.3 is 23.9 Å². The minimum atomic E-state index is -2.17. The van der Waals surface area contributed by atoms with Crippen LogP contribution in [0.2, 0.25) is 0 Å². The molecule has 1 N–H and O–H groups in total. The highest BCUT2D eigenvalue weighted by Crippen LogP contribution is 2.29. The molecule has 0 radical (unpaired) electrons. The van der Waals surface area contributed by atoms with Gasteiger partial charge in [-0.2, -0.15) is 0 Å². The van der Waals surface area contributed by atoms with Gasteiger partial charge in [0.15, 0.2) is 0 Å². The number of carbonyl (C=O) groups excluding carboxylic acids is 4. The highest BCUT2D eigenvalue weighted by Gasteiger charge is 2.45. The number of esters is 3. The highest BCUT2D eigenvalue weighted by atomic mass is 16.9. The molecule has 1 aliphatic rings. The van der Waals surface area contributed by atoms with Crippen LogP contribution in [0.5, 0.6) is 0 Å². The summed E-state index contributed by atoms with van der Waals surface area (Å²) >= 11 is 0. The molecular weight excluding hydrogens is 374 g/mol. The number of terminal acetylenes is 1. The van der Waals surface area contributed by atoms with E-state index in [1.807, 2.05) is 0 Å². The largest absolute Gasteiger partial charge is 0.463 e. The first-order chi connectivity index (χ1) is 13.1. The summed E-state index contributed by atoms with van der Waals surface area (Å²) in [6.45, 7) is 4.78. The number of carbonyl (C=O) groups is 4. The molecule has 0 aromatic rings. The zero-order valence-electron chi connectivity index (χ0n) is 16.3. The minimum Gasteiger partial charge on any atom is -0.463 e. The third kappa shape index (κ3) is 7.94. The number of hydrogen-bond donors (Lipinski definition) is 1. The van der Waals surface area contributed by atoms with Crippen molar-refractivity contribution in [3.63, 3.8) is 0 Å². The average molecular weight is 399 g/mol. The number of ether oxygens (including phenoxy) is 5. The molecule has 1 saturated heterocycles. The van der Waals surface area contributed by atoms with Crippen LogP contribution in [0.15, 0.2) is 0 Å². The normalized spacial score (nSPS) is 21.8. The van der Waals surface area contributed by atoms with E-state index < -0.39 is 42.1 Å². The van der Waals surface area contributed by atoms with E-state index in [1.54, 1.807) is 0 Å². The summed E-state index contributed by atoms with van der Waals surface area (Å²) in [5, 5.41) is 2.69. The van der Waals surface area contributed by atoms with Crippen LogP contribution >= 0.6 is 0 Å². The second-order valence-electron chi connectivity index (χ2n) is 6.22. The molecule has 1 aliphatic heterocycles. The molecule has 0 aliphatic carbocycles. The summed E-state index contributed by atoms with van der Waals surface area (Å²) < 4.78 is 26.6. The fourth-order valence-electron chi connectivity index (χ4n) is 2.69. The molecule has 10 heteroatoms. The van der Waals surface area contributed by atoms with Crippen molar-refractivity contribution in [2.75, 3.05) is 13.2 Å². The fraction of sp³-hybridized carbons (Fsp3) is 0.667. The predicted molar refractivity (Wildman–Crippen MR) is 93.2 cm³/mol. The topological polar surface area (TPSA) is 126 Å². The van der Waals surface area contributed by atoms with Gasteiger partial charge in [-0.15, -0.1) is 6.42 Å². The van der Waals surface area contributed by atoms with Crippen molar-refractivity contribution in [2.24, 2.45) is 0 Å². The van der Waals surface area contributed by atoms with Crippen molar-refractivity contribution in [1.29, 1.82) is 0 Å². The molecular formula is C18H25NO9. The third-order valence-corrected chi connectivity index (χ3v) is 3.55. The van der Waals surface area contributed by atoms with Crippen molar-refractivity contribution in [1.82, 2.24) is 5.32 Å². The van der Waals surface area contributed by atoms with Gasteiger partial charge in [-0.05, 0) is 6.42 Å². The van der Waals surface area contributed by atoms with Crippen LogP contribution in [0.3, 0.4) is 0 Å². The Bertz CT molecular complexity index is 623. The zero-order valence-corrected chi connectivity index (χ0v) is 16.3. The Morgan fingerprint density at radius 3 is 2.18 bits per heavy atom. The van der Waals surface area contributed by atoms with Gasteiger partial charge < -0.3 is 29.0 Å². The first kappa shape index (κ1) is 23.4. The first-order valence-corrected chi connectivity index (χ1v) is 8.59. The van der Waals surface area contributed by atoms with Gasteiger partial charge in [0.25, 0.3) is 0 Å².